The summed E-state index contributed by atoms with van der Waals surface area (Å²) in [6, 6.07) is 1.01. The van der Waals surface area contributed by atoms with Gasteiger partial charge in [-0.05, 0) is 188 Å². The molecule has 3 saturated heterocycles. The van der Waals surface area contributed by atoms with Crippen LogP contribution in [0.15, 0.2) is 0 Å². The van der Waals surface area contributed by atoms with E-state index in [2.05, 4.69) is 155 Å². The van der Waals surface area contributed by atoms with E-state index in [0.29, 0.717) is 31.2 Å². The number of nitrogens with one attached hydrogen (secondary N) is 3. The molecule has 0 spiro atoms. The van der Waals surface area contributed by atoms with Crippen molar-refractivity contribution in [2.45, 2.75) is 272 Å². The molecule has 4 heterocycles. The van der Waals surface area contributed by atoms with Crippen molar-refractivity contribution in [2.24, 2.45) is 5.41 Å². The maximum atomic E-state index is 11.6. The van der Waals surface area contributed by atoms with E-state index in [-0.39, 0.29) is 74.9 Å². The summed E-state index contributed by atoms with van der Waals surface area (Å²) in [5.41, 5.74) is 0.535. The van der Waals surface area contributed by atoms with Crippen LogP contribution in [0.4, 0.5) is 11.9 Å². The lowest BCUT2D eigenvalue weighted by Gasteiger charge is -2.55. The molecule has 4 rings (SSSR count). The number of aryl methyl sites for hydroxylation is 1. The molecule has 0 unspecified atom stereocenters. The first-order chi connectivity index (χ1) is 30.4. The normalized spacial score (nSPS) is 21.9. The number of carbonyl (C=O) groups excluding carboxylic acids is 2. The first-order valence-corrected chi connectivity index (χ1v) is 26.0. The number of likely N-dealkylation sites (tertiary alicyclic amines) is 1. The van der Waals surface area contributed by atoms with Crippen LogP contribution in [0, 0.1) is 12.3 Å². The molecule has 3 N–H and O–H groups in total. The zero-order valence-corrected chi connectivity index (χ0v) is 47.1. The van der Waals surface area contributed by atoms with E-state index in [9.17, 15) is 9.59 Å². The number of piperidine rings is 3. The van der Waals surface area contributed by atoms with Gasteiger partial charge in [-0.3, -0.25) is 9.69 Å². The molecule has 3 fully saturated rings. The van der Waals surface area contributed by atoms with Gasteiger partial charge in [0.2, 0.25) is 11.9 Å². The number of anilines is 2. The van der Waals surface area contributed by atoms with E-state index in [1.165, 1.54) is 45.6 Å². The van der Waals surface area contributed by atoms with Gasteiger partial charge in [-0.25, -0.2) is 0 Å². The number of ether oxygens (including phenoxy) is 2. The number of hydrogen-bond acceptors (Lipinski definition) is 13. The van der Waals surface area contributed by atoms with Crippen molar-refractivity contribution in [3.63, 3.8) is 0 Å². The predicted octanol–water partition coefficient (Wildman–Crippen LogP) is 10.3. The van der Waals surface area contributed by atoms with Crippen molar-refractivity contribution in [2.75, 3.05) is 50.6 Å². The van der Waals surface area contributed by atoms with Gasteiger partial charge in [0, 0.05) is 77.5 Å². The monoisotopic (exact) mass is 942 g/mol. The Morgan fingerprint density at radius 2 is 1.21 bits per heavy atom. The van der Waals surface area contributed by atoms with Crippen molar-refractivity contribution in [3.8, 4) is 0 Å². The molecule has 3 aliphatic rings. The molecule has 0 radical (unpaired) electrons. The fourth-order valence-corrected chi connectivity index (χ4v) is 12.6. The maximum Gasteiger partial charge on any atom is 0.306 e. The third kappa shape index (κ3) is 20.4. The molecule has 0 bridgehead atoms. The lowest BCUT2D eigenvalue weighted by Crippen LogP contribution is -2.62. The summed E-state index contributed by atoms with van der Waals surface area (Å²) in [7, 11) is 4.10. The highest BCUT2D eigenvalue weighted by Gasteiger charge is 2.46. The second-order valence-corrected chi connectivity index (χ2v) is 26.7. The SMILES string of the molecule is COC1CC(C)(C)N(CCOC(=O)CCC(C)=O)C(C)(C)C1.Cc1nc(NC(C)(C)CC(C)(C)C)nc(N(CCCCCCN(C)C2CC(C)(C)NC(C)(C)C2)C2CC(C)(C)NC(C)(C)C2)n1. The van der Waals surface area contributed by atoms with Crippen molar-refractivity contribution < 1.29 is 19.1 Å². The molecule has 1 aromatic heterocycles. The van der Waals surface area contributed by atoms with Crippen LogP contribution in [0.3, 0.4) is 0 Å². The lowest BCUT2D eigenvalue weighted by molar-refractivity contribution is -0.148. The fraction of sp³-hybridized carbons (Fsp3) is 0.907. The van der Waals surface area contributed by atoms with Gasteiger partial charge in [0.15, 0.2) is 0 Å². The van der Waals surface area contributed by atoms with Gasteiger partial charge in [-0.2, -0.15) is 15.0 Å². The van der Waals surface area contributed by atoms with Crippen LogP contribution in [0.2, 0.25) is 0 Å². The number of hydrogen-bond donors (Lipinski definition) is 3. The Balaban J connectivity index is 0.000000453. The van der Waals surface area contributed by atoms with Gasteiger partial charge < -0.3 is 40.0 Å². The minimum absolute atomic E-state index is 0.00574. The highest BCUT2D eigenvalue weighted by Crippen LogP contribution is 2.39. The van der Waals surface area contributed by atoms with Crippen molar-refractivity contribution in [1.29, 1.82) is 0 Å². The maximum absolute atomic E-state index is 11.6. The number of carbonyl (C=O) groups is 2. The van der Waals surface area contributed by atoms with Crippen LogP contribution < -0.4 is 20.9 Å². The Morgan fingerprint density at radius 1 is 0.716 bits per heavy atom. The Hall–Kier alpha value is -2.45. The Labute approximate surface area is 410 Å². The molecule has 3 aliphatic heterocycles. The molecule has 13 heteroatoms. The van der Waals surface area contributed by atoms with Gasteiger partial charge in [-0.15, -0.1) is 0 Å². The molecule has 0 saturated carbocycles. The second-order valence-electron chi connectivity index (χ2n) is 26.7. The largest absolute Gasteiger partial charge is 0.464 e. The number of unbranched alkanes of at least 4 members (excludes halogenated alkanes) is 3. The summed E-state index contributed by atoms with van der Waals surface area (Å²) in [5.74, 6) is 2.01. The van der Waals surface area contributed by atoms with Gasteiger partial charge in [0.1, 0.15) is 18.2 Å². The summed E-state index contributed by atoms with van der Waals surface area (Å²) < 4.78 is 10.8. The Kier molecular flexibility index (Phi) is 20.4. The van der Waals surface area contributed by atoms with Gasteiger partial charge in [0.25, 0.3) is 0 Å². The zero-order valence-electron chi connectivity index (χ0n) is 47.1. The third-order valence-electron chi connectivity index (χ3n) is 14.0. The minimum Gasteiger partial charge on any atom is -0.464 e. The average molecular weight is 942 g/mol. The molecule has 0 atom stereocenters. The van der Waals surface area contributed by atoms with Crippen molar-refractivity contribution in [3.05, 3.63) is 5.82 Å². The van der Waals surface area contributed by atoms with E-state index >= 15 is 0 Å². The molecule has 0 aliphatic carbocycles. The van der Waals surface area contributed by atoms with Crippen LogP contribution in [-0.4, -0.2) is 134 Å². The van der Waals surface area contributed by atoms with Crippen LogP contribution in [0.1, 0.15) is 214 Å². The van der Waals surface area contributed by atoms with Gasteiger partial charge in [-0.1, -0.05) is 33.6 Å². The summed E-state index contributed by atoms with van der Waals surface area (Å²) >= 11 is 0. The summed E-state index contributed by atoms with van der Waals surface area (Å²) in [6.07, 6.45) is 13.0. The summed E-state index contributed by atoms with van der Waals surface area (Å²) in [6.45, 7) is 45.6. The summed E-state index contributed by atoms with van der Waals surface area (Å²) in [5, 5.41) is 11.4. The number of esters is 1. The first kappa shape index (κ1) is 58.9. The summed E-state index contributed by atoms with van der Waals surface area (Å²) in [4.78, 5) is 44.8. The third-order valence-corrected chi connectivity index (χ3v) is 14.0. The molecule has 388 valence electrons. The fourth-order valence-electron chi connectivity index (χ4n) is 12.6. The lowest BCUT2D eigenvalue weighted by atomic mass is 9.78. The van der Waals surface area contributed by atoms with Crippen molar-refractivity contribution in [1.82, 2.24) is 35.4 Å². The van der Waals surface area contributed by atoms with E-state index in [1.54, 1.807) is 7.11 Å². The number of aromatic nitrogens is 3. The van der Waals surface area contributed by atoms with Crippen molar-refractivity contribution >= 4 is 23.6 Å². The zero-order chi connectivity index (χ0) is 51.0. The average Bonchev–Trinajstić information content (AvgIpc) is 3.10. The number of methoxy groups -OCH3 is 1. The molecule has 0 aromatic carbocycles. The molecule has 13 nitrogen and oxygen atoms in total. The minimum atomic E-state index is -0.294. The highest BCUT2D eigenvalue weighted by atomic mass is 16.5. The number of Topliss-reactive ketones (excluding diaryl/α,β-unsaturated/α-hetero) is 1. The van der Waals surface area contributed by atoms with Gasteiger partial charge >= 0.3 is 5.97 Å². The molecule has 67 heavy (non-hydrogen) atoms. The van der Waals surface area contributed by atoms with Gasteiger partial charge in [0.05, 0.1) is 12.5 Å². The number of ketones is 1. The number of rotatable bonds is 20. The van der Waals surface area contributed by atoms with Crippen LogP contribution >= 0.6 is 0 Å². The number of nitrogens with zero attached hydrogens (tertiary/aromatic N) is 6. The van der Waals surface area contributed by atoms with E-state index in [1.807, 2.05) is 6.92 Å². The standard InChI is InChI=1S/C37H72N8.C17H31NO4/c1-27-38-30(41-37(13,14)26-32(2,3)4)40-31(39-27)45(29-24-35(9,10)43-36(11,12)25-29)21-19-17-16-18-20-44(15)28-22-33(5,6)42-34(7,8)23-28;1-13(19)7-8-15(20)22-10-9-18-16(2,3)11-14(21-6)12-17(18,4)5/h28-29,42-43H,16-26H2,1-15H3,(H,38,39,40,41);14H,7-12H2,1-6H3. The quantitative estimate of drug-likeness (QED) is 0.0846. The topological polar surface area (TPSA) is 137 Å². The van der Waals surface area contributed by atoms with E-state index in [0.717, 1.165) is 56.8 Å². The predicted molar refractivity (Wildman–Crippen MR) is 279 cm³/mol. The Morgan fingerprint density at radius 3 is 1.69 bits per heavy atom. The molecular formula is C54H103N9O4. The van der Waals surface area contributed by atoms with Crippen LogP contribution in [0.25, 0.3) is 0 Å². The molecule has 0 amide bonds. The Bertz CT molecular complexity index is 1680. The van der Waals surface area contributed by atoms with Crippen LogP contribution in [-0.2, 0) is 19.1 Å². The highest BCUT2D eigenvalue weighted by molar-refractivity contribution is 5.80. The first-order valence-electron chi connectivity index (χ1n) is 26.0. The van der Waals surface area contributed by atoms with E-state index < -0.39 is 0 Å². The second kappa shape index (κ2) is 23.2. The van der Waals surface area contributed by atoms with E-state index in [4.69, 9.17) is 24.4 Å². The van der Waals surface area contributed by atoms with Crippen LogP contribution in [0.5, 0.6) is 0 Å². The molecule has 1 aromatic rings. The smallest absolute Gasteiger partial charge is 0.306 e. The molecular weight excluding hydrogens is 839 g/mol.